The zero-order chi connectivity index (χ0) is 22.7. The normalized spacial score (nSPS) is 14.5. The third-order valence-corrected chi connectivity index (χ3v) is 5.84. The topological polar surface area (TPSA) is 103 Å². The number of pyridine rings is 3. The monoisotopic (exact) mass is 436 g/mol. The lowest BCUT2D eigenvalue weighted by atomic mass is 10.1. The van der Waals surface area contributed by atoms with Crippen molar-refractivity contribution in [2.45, 2.75) is 19.9 Å². The quantitative estimate of drug-likeness (QED) is 0.605. The number of amides is 1. The molecular formula is C23H28N6O3. The van der Waals surface area contributed by atoms with Gasteiger partial charge in [-0.1, -0.05) is 6.92 Å². The molecule has 0 saturated carbocycles. The number of methoxy groups -OCH3 is 1. The predicted molar refractivity (Wildman–Crippen MR) is 123 cm³/mol. The number of hydrogen-bond donors (Lipinski definition) is 2. The van der Waals surface area contributed by atoms with Gasteiger partial charge in [0.15, 0.2) is 0 Å². The molecule has 0 atom stereocenters. The number of piperazine rings is 1. The Balaban J connectivity index is 1.44. The SMILES string of the molecule is CCc1cc2c(OC)nc(CN3CCN(c4ccc(C(=O)NC)nc4)CC3)cc2[nH]c1=O. The van der Waals surface area contributed by atoms with Crippen LogP contribution in [-0.4, -0.2) is 66.1 Å². The Hall–Kier alpha value is -3.46. The molecule has 2 N–H and O–H groups in total. The van der Waals surface area contributed by atoms with Crippen LogP contribution in [0.15, 0.2) is 35.3 Å². The number of aromatic nitrogens is 3. The van der Waals surface area contributed by atoms with Gasteiger partial charge in [-0.15, -0.1) is 0 Å². The van der Waals surface area contributed by atoms with Crippen molar-refractivity contribution in [3.8, 4) is 5.88 Å². The minimum atomic E-state index is -0.188. The number of aromatic amines is 1. The first-order chi connectivity index (χ1) is 15.5. The summed E-state index contributed by atoms with van der Waals surface area (Å²) in [5.74, 6) is 0.344. The van der Waals surface area contributed by atoms with Crippen LogP contribution >= 0.6 is 0 Å². The first-order valence-electron chi connectivity index (χ1n) is 10.8. The van der Waals surface area contributed by atoms with E-state index in [-0.39, 0.29) is 11.5 Å². The lowest BCUT2D eigenvalue weighted by molar-refractivity contribution is 0.0958. The van der Waals surface area contributed by atoms with E-state index in [1.54, 1.807) is 26.4 Å². The zero-order valence-electron chi connectivity index (χ0n) is 18.6. The molecule has 0 spiro atoms. The first-order valence-corrected chi connectivity index (χ1v) is 10.8. The maximum absolute atomic E-state index is 12.3. The van der Waals surface area contributed by atoms with E-state index < -0.39 is 0 Å². The van der Waals surface area contributed by atoms with E-state index >= 15 is 0 Å². The minimum Gasteiger partial charge on any atom is -0.480 e. The smallest absolute Gasteiger partial charge is 0.269 e. The van der Waals surface area contributed by atoms with E-state index in [0.29, 0.717) is 24.5 Å². The summed E-state index contributed by atoms with van der Waals surface area (Å²) in [7, 11) is 3.20. The van der Waals surface area contributed by atoms with Gasteiger partial charge < -0.3 is 19.9 Å². The van der Waals surface area contributed by atoms with Gasteiger partial charge in [0.05, 0.1) is 35.6 Å². The molecule has 9 nitrogen and oxygen atoms in total. The Bertz CT molecular complexity index is 1170. The van der Waals surface area contributed by atoms with Crippen LogP contribution in [0.2, 0.25) is 0 Å². The molecule has 168 valence electrons. The van der Waals surface area contributed by atoms with Crippen LogP contribution in [0.25, 0.3) is 10.9 Å². The van der Waals surface area contributed by atoms with Gasteiger partial charge in [0.25, 0.3) is 11.5 Å². The maximum Gasteiger partial charge on any atom is 0.269 e. The average molecular weight is 437 g/mol. The summed E-state index contributed by atoms with van der Waals surface area (Å²) < 4.78 is 5.51. The van der Waals surface area contributed by atoms with Crippen LogP contribution in [0.1, 0.15) is 28.7 Å². The van der Waals surface area contributed by atoms with Gasteiger partial charge in [-0.2, -0.15) is 0 Å². The first kappa shape index (κ1) is 21.8. The van der Waals surface area contributed by atoms with Crippen LogP contribution in [0.3, 0.4) is 0 Å². The van der Waals surface area contributed by atoms with Crippen LogP contribution in [0, 0.1) is 0 Å². The van der Waals surface area contributed by atoms with Crippen molar-refractivity contribution in [2.75, 3.05) is 45.2 Å². The molecule has 1 fully saturated rings. The van der Waals surface area contributed by atoms with E-state index in [4.69, 9.17) is 4.74 Å². The molecule has 4 heterocycles. The van der Waals surface area contributed by atoms with Gasteiger partial charge in [0.1, 0.15) is 5.69 Å². The average Bonchev–Trinajstić information content (AvgIpc) is 2.83. The standard InChI is InChI=1S/C23H28N6O3/c1-4-15-11-18-20(27-21(15)30)12-16(26-23(18)32-3)14-28-7-9-29(10-8-28)17-5-6-19(25-13-17)22(31)24-2/h5-6,11-13H,4,7-10,14H2,1-3H3,(H,24,31)(H,27,30). The van der Waals surface area contributed by atoms with Crippen LogP contribution < -0.4 is 20.5 Å². The summed E-state index contributed by atoms with van der Waals surface area (Å²) in [4.78, 5) is 40.4. The highest BCUT2D eigenvalue weighted by Crippen LogP contribution is 2.24. The second kappa shape index (κ2) is 9.35. The van der Waals surface area contributed by atoms with Gasteiger partial charge in [-0.25, -0.2) is 9.97 Å². The van der Waals surface area contributed by atoms with Gasteiger partial charge in [0, 0.05) is 45.3 Å². The largest absolute Gasteiger partial charge is 0.480 e. The molecule has 4 rings (SSSR count). The molecule has 0 aromatic carbocycles. The van der Waals surface area contributed by atoms with E-state index in [0.717, 1.165) is 54.0 Å². The molecule has 3 aromatic rings. The molecule has 32 heavy (non-hydrogen) atoms. The number of hydrogen-bond acceptors (Lipinski definition) is 7. The van der Waals surface area contributed by atoms with Crippen molar-refractivity contribution in [2.24, 2.45) is 0 Å². The molecule has 1 aliphatic rings. The third-order valence-electron chi connectivity index (χ3n) is 5.84. The molecule has 0 unspecified atom stereocenters. The zero-order valence-corrected chi connectivity index (χ0v) is 18.6. The van der Waals surface area contributed by atoms with Crippen molar-refractivity contribution >= 4 is 22.5 Å². The second-order valence-electron chi connectivity index (χ2n) is 7.81. The van der Waals surface area contributed by atoms with Gasteiger partial charge in [0.2, 0.25) is 5.88 Å². The number of carbonyl (C=O) groups is 1. The van der Waals surface area contributed by atoms with Gasteiger partial charge in [-0.05, 0) is 30.7 Å². The van der Waals surface area contributed by atoms with Crippen molar-refractivity contribution in [1.82, 2.24) is 25.2 Å². The number of fused-ring (bicyclic) bond motifs is 1. The third kappa shape index (κ3) is 4.43. The fourth-order valence-electron chi connectivity index (χ4n) is 4.00. The Morgan fingerprint density at radius 1 is 1.22 bits per heavy atom. The van der Waals surface area contributed by atoms with Crippen molar-refractivity contribution in [3.63, 3.8) is 0 Å². The number of carbonyl (C=O) groups excluding carboxylic acids is 1. The van der Waals surface area contributed by atoms with E-state index in [2.05, 4.69) is 30.1 Å². The summed E-state index contributed by atoms with van der Waals surface area (Å²) in [5, 5.41) is 3.41. The summed E-state index contributed by atoms with van der Waals surface area (Å²) in [6.45, 7) is 6.06. The summed E-state index contributed by atoms with van der Waals surface area (Å²) in [5.41, 5.74) is 3.68. The van der Waals surface area contributed by atoms with Crippen molar-refractivity contribution in [1.29, 1.82) is 0 Å². The fraction of sp³-hybridized carbons (Fsp3) is 0.391. The summed E-state index contributed by atoms with van der Waals surface area (Å²) >= 11 is 0. The Kier molecular flexibility index (Phi) is 6.36. The second-order valence-corrected chi connectivity index (χ2v) is 7.81. The van der Waals surface area contributed by atoms with Crippen LogP contribution in [-0.2, 0) is 13.0 Å². The number of rotatable bonds is 6. The molecule has 3 aromatic heterocycles. The van der Waals surface area contributed by atoms with Crippen molar-refractivity contribution < 1.29 is 9.53 Å². The Labute approximate surface area is 186 Å². The van der Waals surface area contributed by atoms with Gasteiger partial charge in [-0.3, -0.25) is 14.5 Å². The molecule has 1 saturated heterocycles. The van der Waals surface area contributed by atoms with E-state index in [1.807, 2.05) is 25.1 Å². The molecule has 1 amide bonds. The lowest BCUT2D eigenvalue weighted by Crippen LogP contribution is -2.46. The molecule has 0 bridgehead atoms. The fourth-order valence-corrected chi connectivity index (χ4v) is 4.00. The van der Waals surface area contributed by atoms with Crippen LogP contribution in [0.4, 0.5) is 5.69 Å². The summed E-state index contributed by atoms with van der Waals surface area (Å²) in [6.07, 6.45) is 2.40. The number of H-pyrrole nitrogens is 1. The van der Waals surface area contributed by atoms with Gasteiger partial charge >= 0.3 is 0 Å². The molecular weight excluding hydrogens is 408 g/mol. The number of anilines is 1. The highest BCUT2D eigenvalue weighted by atomic mass is 16.5. The number of nitrogens with zero attached hydrogens (tertiary/aromatic N) is 4. The Morgan fingerprint density at radius 3 is 2.62 bits per heavy atom. The lowest BCUT2D eigenvalue weighted by Gasteiger charge is -2.35. The minimum absolute atomic E-state index is 0.0659. The predicted octanol–water partition coefficient (Wildman–Crippen LogP) is 1.57. The van der Waals surface area contributed by atoms with Crippen LogP contribution in [0.5, 0.6) is 5.88 Å². The number of nitrogens with one attached hydrogen (secondary N) is 2. The highest BCUT2D eigenvalue weighted by Gasteiger charge is 2.19. The molecule has 0 radical (unpaired) electrons. The van der Waals surface area contributed by atoms with E-state index in [9.17, 15) is 9.59 Å². The molecule has 0 aliphatic carbocycles. The Morgan fingerprint density at radius 2 is 2.00 bits per heavy atom. The van der Waals surface area contributed by atoms with Crippen molar-refractivity contribution in [3.05, 3.63) is 57.8 Å². The number of ether oxygens (including phenoxy) is 1. The number of aryl methyl sites for hydroxylation is 1. The summed E-state index contributed by atoms with van der Waals surface area (Å²) in [6, 6.07) is 7.49. The molecule has 9 heteroatoms. The maximum atomic E-state index is 12.3. The molecule has 1 aliphatic heterocycles. The highest BCUT2D eigenvalue weighted by molar-refractivity contribution is 5.92. The van der Waals surface area contributed by atoms with E-state index in [1.165, 1.54) is 0 Å².